The Labute approximate surface area is 96.6 Å². The summed E-state index contributed by atoms with van der Waals surface area (Å²) in [6.45, 7) is 1.73. The average molecular weight is 239 g/mol. The Morgan fingerprint density at radius 2 is 2.12 bits per heavy atom. The quantitative estimate of drug-likeness (QED) is 0.855. The third-order valence-electron chi connectivity index (χ3n) is 2.93. The van der Waals surface area contributed by atoms with E-state index >= 15 is 0 Å². The van der Waals surface area contributed by atoms with Crippen molar-refractivity contribution < 1.29 is 8.42 Å². The molecule has 4 heteroatoms. The van der Waals surface area contributed by atoms with Gasteiger partial charge in [-0.1, -0.05) is 24.3 Å². The van der Waals surface area contributed by atoms with Crippen LogP contribution < -0.4 is 5.73 Å². The highest BCUT2D eigenvalue weighted by atomic mass is 32.2. The van der Waals surface area contributed by atoms with Gasteiger partial charge in [-0.15, -0.1) is 0 Å². The van der Waals surface area contributed by atoms with Crippen LogP contribution in [0.25, 0.3) is 0 Å². The molecule has 16 heavy (non-hydrogen) atoms. The zero-order valence-corrected chi connectivity index (χ0v) is 10.2. The SMILES string of the molecule is CC(N)CS(=O)(=O)CC1Cc2ccccc21. The number of hydrogen-bond donors (Lipinski definition) is 1. The fourth-order valence-electron chi connectivity index (χ4n) is 2.29. The predicted octanol–water partition coefficient (Wildman–Crippen LogP) is 1.09. The largest absolute Gasteiger partial charge is 0.327 e. The molecule has 2 unspecified atom stereocenters. The second-order valence-electron chi connectivity index (χ2n) is 4.65. The van der Waals surface area contributed by atoms with Gasteiger partial charge in [-0.05, 0) is 24.5 Å². The molecule has 1 aromatic rings. The maximum atomic E-state index is 11.8. The van der Waals surface area contributed by atoms with Crippen molar-refractivity contribution in [3.63, 3.8) is 0 Å². The van der Waals surface area contributed by atoms with E-state index in [1.807, 2.05) is 18.2 Å². The highest BCUT2D eigenvalue weighted by Gasteiger charge is 2.30. The molecule has 0 radical (unpaired) electrons. The Morgan fingerprint density at radius 3 is 2.75 bits per heavy atom. The lowest BCUT2D eigenvalue weighted by atomic mass is 9.79. The number of rotatable bonds is 4. The summed E-state index contributed by atoms with van der Waals surface area (Å²) in [6.07, 6.45) is 0.883. The molecule has 0 saturated carbocycles. The Balaban J connectivity index is 2.04. The lowest BCUT2D eigenvalue weighted by Crippen LogP contribution is -2.32. The summed E-state index contributed by atoms with van der Waals surface area (Å²) in [5.41, 5.74) is 8.00. The molecule has 88 valence electrons. The van der Waals surface area contributed by atoms with Crippen molar-refractivity contribution in [3.05, 3.63) is 35.4 Å². The van der Waals surface area contributed by atoms with Crippen LogP contribution in [0.1, 0.15) is 24.0 Å². The highest BCUT2D eigenvalue weighted by molar-refractivity contribution is 7.91. The van der Waals surface area contributed by atoms with Crippen LogP contribution in [0.5, 0.6) is 0 Å². The Bertz CT molecular complexity index is 480. The van der Waals surface area contributed by atoms with Crippen LogP contribution in [0.4, 0.5) is 0 Å². The van der Waals surface area contributed by atoms with Crippen LogP contribution in [0.15, 0.2) is 24.3 Å². The molecular formula is C12H17NO2S. The van der Waals surface area contributed by atoms with Crippen molar-refractivity contribution in [1.29, 1.82) is 0 Å². The Hall–Kier alpha value is -0.870. The Morgan fingerprint density at radius 1 is 1.44 bits per heavy atom. The zero-order chi connectivity index (χ0) is 11.8. The number of fused-ring (bicyclic) bond motifs is 1. The molecule has 3 nitrogen and oxygen atoms in total. The van der Waals surface area contributed by atoms with Crippen LogP contribution in [0.2, 0.25) is 0 Å². The summed E-state index contributed by atoms with van der Waals surface area (Å²) in [4.78, 5) is 0. The van der Waals surface area contributed by atoms with Gasteiger partial charge in [0, 0.05) is 12.0 Å². The van der Waals surface area contributed by atoms with E-state index in [9.17, 15) is 8.42 Å². The second kappa shape index (κ2) is 4.18. The zero-order valence-electron chi connectivity index (χ0n) is 9.39. The van der Waals surface area contributed by atoms with Crippen LogP contribution in [0.3, 0.4) is 0 Å². The molecule has 1 aliphatic carbocycles. The van der Waals surface area contributed by atoms with Gasteiger partial charge >= 0.3 is 0 Å². The molecule has 2 atom stereocenters. The van der Waals surface area contributed by atoms with Crippen molar-refractivity contribution in [2.45, 2.75) is 25.3 Å². The van der Waals surface area contributed by atoms with Crippen LogP contribution in [0, 0.1) is 0 Å². The van der Waals surface area contributed by atoms with Gasteiger partial charge in [-0.3, -0.25) is 0 Å². The summed E-state index contributed by atoms with van der Waals surface area (Å²) in [7, 11) is -3.01. The van der Waals surface area contributed by atoms with E-state index in [0.717, 1.165) is 6.42 Å². The van der Waals surface area contributed by atoms with Crippen molar-refractivity contribution in [1.82, 2.24) is 0 Å². The molecule has 0 fully saturated rings. The lowest BCUT2D eigenvalue weighted by molar-refractivity contribution is 0.572. The van der Waals surface area contributed by atoms with Crippen LogP contribution in [-0.2, 0) is 16.3 Å². The van der Waals surface area contributed by atoms with Gasteiger partial charge < -0.3 is 5.73 Å². The number of nitrogens with two attached hydrogens (primary N) is 1. The van der Waals surface area contributed by atoms with Crippen molar-refractivity contribution in [2.75, 3.05) is 11.5 Å². The Kier molecular flexibility index (Phi) is 3.04. The van der Waals surface area contributed by atoms with E-state index in [2.05, 4.69) is 6.07 Å². The topological polar surface area (TPSA) is 60.2 Å². The molecule has 0 aliphatic heterocycles. The van der Waals surface area contributed by atoms with E-state index in [1.54, 1.807) is 6.92 Å². The normalized spacial score (nSPS) is 21.0. The molecule has 2 rings (SSSR count). The summed E-state index contributed by atoms with van der Waals surface area (Å²) in [5, 5.41) is 0. The number of sulfone groups is 1. The van der Waals surface area contributed by atoms with Gasteiger partial charge in [0.15, 0.2) is 9.84 Å². The van der Waals surface area contributed by atoms with Crippen LogP contribution in [-0.4, -0.2) is 26.0 Å². The van der Waals surface area contributed by atoms with Crippen molar-refractivity contribution >= 4 is 9.84 Å². The van der Waals surface area contributed by atoms with Gasteiger partial charge in [0.05, 0.1) is 11.5 Å². The monoisotopic (exact) mass is 239 g/mol. The molecule has 0 saturated heterocycles. The molecule has 2 N–H and O–H groups in total. The highest BCUT2D eigenvalue weighted by Crippen LogP contribution is 2.35. The second-order valence-corrected chi connectivity index (χ2v) is 6.81. The molecule has 0 bridgehead atoms. The standard InChI is InChI=1S/C12H17NO2S/c1-9(13)7-16(14,15)8-11-6-10-4-2-3-5-12(10)11/h2-5,9,11H,6-8,13H2,1H3. The predicted molar refractivity (Wildman–Crippen MR) is 65.2 cm³/mol. The first-order valence-electron chi connectivity index (χ1n) is 5.52. The van der Waals surface area contributed by atoms with Gasteiger partial charge in [0.2, 0.25) is 0 Å². The fraction of sp³-hybridized carbons (Fsp3) is 0.500. The molecule has 0 aromatic heterocycles. The summed E-state index contributed by atoms with van der Waals surface area (Å²) in [6, 6.07) is 7.75. The maximum Gasteiger partial charge on any atom is 0.152 e. The first kappa shape index (κ1) is 11.6. The first-order valence-corrected chi connectivity index (χ1v) is 7.34. The molecule has 1 aliphatic rings. The summed E-state index contributed by atoms with van der Waals surface area (Å²) >= 11 is 0. The van der Waals surface area contributed by atoms with Crippen molar-refractivity contribution in [3.8, 4) is 0 Å². The smallest absolute Gasteiger partial charge is 0.152 e. The molecular weight excluding hydrogens is 222 g/mol. The fourth-order valence-corrected chi connectivity index (χ4v) is 4.13. The molecule has 0 heterocycles. The molecule has 1 aromatic carbocycles. The minimum absolute atomic E-state index is 0.0890. The van der Waals surface area contributed by atoms with Crippen LogP contribution >= 0.6 is 0 Å². The third-order valence-corrected chi connectivity index (χ3v) is 4.88. The minimum atomic E-state index is -3.01. The van der Waals surface area contributed by atoms with Gasteiger partial charge in [-0.2, -0.15) is 0 Å². The van der Waals surface area contributed by atoms with Crippen molar-refractivity contribution in [2.24, 2.45) is 5.73 Å². The van der Waals surface area contributed by atoms with Gasteiger partial charge in [0.25, 0.3) is 0 Å². The average Bonchev–Trinajstić information content (AvgIpc) is 2.12. The van der Waals surface area contributed by atoms with Gasteiger partial charge in [-0.25, -0.2) is 8.42 Å². The summed E-state index contributed by atoms with van der Waals surface area (Å²) < 4.78 is 23.5. The number of hydrogen-bond acceptors (Lipinski definition) is 3. The summed E-state index contributed by atoms with van der Waals surface area (Å²) in [5.74, 6) is 0.511. The molecule has 0 spiro atoms. The minimum Gasteiger partial charge on any atom is -0.327 e. The lowest BCUT2D eigenvalue weighted by Gasteiger charge is -2.29. The number of benzene rings is 1. The first-order chi connectivity index (χ1) is 7.48. The van der Waals surface area contributed by atoms with E-state index in [-0.39, 0.29) is 23.5 Å². The third kappa shape index (κ3) is 2.44. The van der Waals surface area contributed by atoms with Gasteiger partial charge in [0.1, 0.15) is 0 Å². The van der Waals surface area contributed by atoms with E-state index in [0.29, 0.717) is 0 Å². The van der Waals surface area contributed by atoms with E-state index in [4.69, 9.17) is 5.73 Å². The van der Waals surface area contributed by atoms with E-state index < -0.39 is 9.84 Å². The maximum absolute atomic E-state index is 11.8. The van der Waals surface area contributed by atoms with E-state index in [1.165, 1.54) is 11.1 Å². The molecule has 0 amide bonds.